The van der Waals surface area contributed by atoms with Crippen molar-refractivity contribution in [1.29, 1.82) is 0 Å². The number of thiophene rings is 1. The van der Waals surface area contributed by atoms with E-state index in [1.165, 1.54) is 9.75 Å². The third kappa shape index (κ3) is 3.42. The summed E-state index contributed by atoms with van der Waals surface area (Å²) in [5, 5.41) is -0.413. The highest BCUT2D eigenvalue weighted by Gasteiger charge is 2.33. The minimum Gasteiger partial charge on any atom is -0.380 e. The molecule has 1 aliphatic heterocycles. The van der Waals surface area contributed by atoms with E-state index in [0.717, 1.165) is 5.56 Å². The summed E-state index contributed by atoms with van der Waals surface area (Å²) < 4.78 is 33.0. The standard InChI is InChI=1S/C14H23NO3S2/c1-9(2)14(13-7-10(3)19-11(13)4)15-20(16,17)12-5-6-18-8-12/h7,9,12,14-15H,5-6,8H2,1-4H3/t12-,14+/m1/s1. The Kier molecular flexibility index (Phi) is 4.89. The van der Waals surface area contributed by atoms with Crippen molar-refractivity contribution in [3.05, 3.63) is 21.4 Å². The van der Waals surface area contributed by atoms with Gasteiger partial charge in [-0.15, -0.1) is 11.3 Å². The van der Waals surface area contributed by atoms with Crippen LogP contribution in [-0.2, 0) is 14.8 Å². The molecule has 6 heteroatoms. The Balaban J connectivity index is 2.24. The van der Waals surface area contributed by atoms with E-state index < -0.39 is 15.3 Å². The number of sulfonamides is 1. The topological polar surface area (TPSA) is 55.4 Å². The van der Waals surface area contributed by atoms with Gasteiger partial charge in [-0.05, 0) is 37.8 Å². The second-order valence-electron chi connectivity index (χ2n) is 5.74. The van der Waals surface area contributed by atoms with Gasteiger partial charge in [-0.25, -0.2) is 13.1 Å². The molecule has 2 heterocycles. The van der Waals surface area contributed by atoms with E-state index in [0.29, 0.717) is 19.6 Å². The van der Waals surface area contributed by atoms with Crippen LogP contribution in [0.15, 0.2) is 6.07 Å². The average molecular weight is 317 g/mol. The van der Waals surface area contributed by atoms with Gasteiger partial charge in [0, 0.05) is 16.4 Å². The van der Waals surface area contributed by atoms with Crippen molar-refractivity contribution in [1.82, 2.24) is 4.72 Å². The molecule has 1 aromatic heterocycles. The molecule has 1 aromatic rings. The van der Waals surface area contributed by atoms with E-state index >= 15 is 0 Å². The van der Waals surface area contributed by atoms with E-state index in [4.69, 9.17) is 4.74 Å². The molecule has 0 amide bonds. The monoisotopic (exact) mass is 317 g/mol. The van der Waals surface area contributed by atoms with Crippen LogP contribution < -0.4 is 4.72 Å². The maximum absolute atomic E-state index is 12.5. The number of ether oxygens (including phenoxy) is 1. The molecule has 114 valence electrons. The van der Waals surface area contributed by atoms with Crippen LogP contribution in [0.2, 0.25) is 0 Å². The summed E-state index contributed by atoms with van der Waals surface area (Å²) in [6, 6.07) is 1.93. The molecule has 1 aliphatic rings. The molecule has 1 fully saturated rings. The molecule has 0 aliphatic carbocycles. The van der Waals surface area contributed by atoms with Crippen molar-refractivity contribution >= 4 is 21.4 Å². The summed E-state index contributed by atoms with van der Waals surface area (Å²) in [6.45, 7) is 9.04. The second-order valence-corrected chi connectivity index (χ2v) is 9.19. The zero-order valence-electron chi connectivity index (χ0n) is 12.5. The van der Waals surface area contributed by atoms with Crippen molar-refractivity contribution in [2.45, 2.75) is 45.4 Å². The smallest absolute Gasteiger partial charge is 0.217 e. The average Bonchev–Trinajstić information content (AvgIpc) is 2.96. The van der Waals surface area contributed by atoms with Crippen molar-refractivity contribution in [2.75, 3.05) is 13.2 Å². The fourth-order valence-electron chi connectivity index (χ4n) is 2.55. The molecule has 0 bridgehead atoms. The summed E-state index contributed by atoms with van der Waals surface area (Å²) in [5.41, 5.74) is 1.10. The Morgan fingerprint density at radius 2 is 2.10 bits per heavy atom. The number of hydrogen-bond donors (Lipinski definition) is 1. The fourth-order valence-corrected chi connectivity index (χ4v) is 5.15. The number of nitrogens with one attached hydrogen (secondary N) is 1. The van der Waals surface area contributed by atoms with Crippen molar-refractivity contribution in [2.24, 2.45) is 5.92 Å². The number of aryl methyl sites for hydroxylation is 2. The van der Waals surface area contributed by atoms with Crippen molar-refractivity contribution in [3.63, 3.8) is 0 Å². The lowest BCUT2D eigenvalue weighted by molar-refractivity contribution is 0.198. The molecular weight excluding hydrogens is 294 g/mol. The first-order valence-corrected chi connectivity index (χ1v) is 9.33. The molecule has 2 rings (SSSR count). The van der Waals surface area contributed by atoms with Crippen LogP contribution in [0.1, 0.15) is 41.6 Å². The number of rotatable bonds is 5. The SMILES string of the molecule is Cc1cc([C@@H](NS(=O)(=O)[C@@H]2CCOC2)C(C)C)c(C)s1. The minimum atomic E-state index is -3.33. The van der Waals surface area contributed by atoms with E-state index in [2.05, 4.69) is 24.6 Å². The van der Waals surface area contributed by atoms with Crippen LogP contribution >= 0.6 is 11.3 Å². The van der Waals surface area contributed by atoms with Crippen LogP contribution in [0.5, 0.6) is 0 Å². The lowest BCUT2D eigenvalue weighted by atomic mass is 9.97. The van der Waals surface area contributed by atoms with Gasteiger partial charge in [0.1, 0.15) is 5.25 Å². The highest BCUT2D eigenvalue weighted by atomic mass is 32.2. The van der Waals surface area contributed by atoms with E-state index in [1.807, 2.05) is 13.8 Å². The summed E-state index contributed by atoms with van der Waals surface area (Å²) in [7, 11) is -3.33. The lowest BCUT2D eigenvalue weighted by Gasteiger charge is -2.24. The molecule has 0 spiro atoms. The van der Waals surface area contributed by atoms with Gasteiger partial charge in [0.05, 0.1) is 12.6 Å². The molecule has 4 nitrogen and oxygen atoms in total. The van der Waals surface area contributed by atoms with Gasteiger partial charge in [-0.1, -0.05) is 13.8 Å². The van der Waals surface area contributed by atoms with Crippen LogP contribution in [0.3, 0.4) is 0 Å². The molecular formula is C14H23NO3S2. The Hall–Kier alpha value is -0.430. The van der Waals surface area contributed by atoms with E-state index in [-0.39, 0.29) is 12.0 Å². The zero-order valence-corrected chi connectivity index (χ0v) is 14.1. The van der Waals surface area contributed by atoms with Gasteiger partial charge in [0.15, 0.2) is 0 Å². The molecule has 0 radical (unpaired) electrons. The van der Waals surface area contributed by atoms with Crippen LogP contribution in [-0.4, -0.2) is 26.9 Å². The zero-order chi connectivity index (χ0) is 14.9. The molecule has 1 N–H and O–H groups in total. The molecule has 0 unspecified atom stereocenters. The number of hydrogen-bond acceptors (Lipinski definition) is 4. The molecule has 1 saturated heterocycles. The third-order valence-electron chi connectivity index (χ3n) is 3.70. The summed E-state index contributed by atoms with van der Waals surface area (Å²) >= 11 is 1.71. The highest BCUT2D eigenvalue weighted by molar-refractivity contribution is 7.90. The van der Waals surface area contributed by atoms with E-state index in [9.17, 15) is 8.42 Å². The predicted molar refractivity (Wildman–Crippen MR) is 82.7 cm³/mol. The summed E-state index contributed by atoms with van der Waals surface area (Å²) in [6.07, 6.45) is 0.585. The summed E-state index contributed by atoms with van der Waals surface area (Å²) in [4.78, 5) is 2.40. The molecule has 2 atom stereocenters. The van der Waals surface area contributed by atoms with Crippen LogP contribution in [0.4, 0.5) is 0 Å². The molecule has 0 aromatic carbocycles. The Morgan fingerprint density at radius 3 is 2.55 bits per heavy atom. The Morgan fingerprint density at radius 1 is 1.40 bits per heavy atom. The highest BCUT2D eigenvalue weighted by Crippen LogP contribution is 2.32. The first-order valence-electron chi connectivity index (χ1n) is 6.97. The molecule has 0 saturated carbocycles. The largest absolute Gasteiger partial charge is 0.380 e. The predicted octanol–water partition coefficient (Wildman–Crippen LogP) is 2.77. The van der Waals surface area contributed by atoms with Crippen molar-refractivity contribution < 1.29 is 13.2 Å². The van der Waals surface area contributed by atoms with Gasteiger partial charge in [-0.2, -0.15) is 0 Å². The van der Waals surface area contributed by atoms with Gasteiger partial charge in [0.25, 0.3) is 0 Å². The van der Waals surface area contributed by atoms with Gasteiger partial charge >= 0.3 is 0 Å². The van der Waals surface area contributed by atoms with Gasteiger partial charge < -0.3 is 4.74 Å². The normalized spacial score (nSPS) is 21.6. The minimum absolute atomic E-state index is 0.162. The first kappa shape index (κ1) is 15.9. The Labute approximate surface area is 125 Å². The van der Waals surface area contributed by atoms with Crippen LogP contribution in [0, 0.1) is 19.8 Å². The fraction of sp³-hybridized carbons (Fsp3) is 0.714. The van der Waals surface area contributed by atoms with Crippen LogP contribution in [0.25, 0.3) is 0 Å². The maximum Gasteiger partial charge on any atom is 0.217 e. The quantitative estimate of drug-likeness (QED) is 0.908. The van der Waals surface area contributed by atoms with Gasteiger partial charge in [0.2, 0.25) is 10.0 Å². The lowest BCUT2D eigenvalue weighted by Crippen LogP contribution is -2.39. The summed E-state index contributed by atoms with van der Waals surface area (Å²) in [5.74, 6) is 0.208. The van der Waals surface area contributed by atoms with Gasteiger partial charge in [-0.3, -0.25) is 0 Å². The second kappa shape index (κ2) is 6.13. The Bertz CT molecular complexity index is 557. The van der Waals surface area contributed by atoms with Crippen molar-refractivity contribution in [3.8, 4) is 0 Å². The first-order chi connectivity index (χ1) is 9.31. The van der Waals surface area contributed by atoms with E-state index in [1.54, 1.807) is 11.3 Å². The third-order valence-corrected chi connectivity index (χ3v) is 6.51. The molecule has 20 heavy (non-hydrogen) atoms. The maximum atomic E-state index is 12.5.